The molecule has 3 atom stereocenters. The Labute approximate surface area is 253 Å². The van der Waals surface area contributed by atoms with Gasteiger partial charge in [0, 0.05) is 38.7 Å². The van der Waals surface area contributed by atoms with E-state index in [2.05, 4.69) is 58.9 Å². The highest BCUT2D eigenvalue weighted by molar-refractivity contribution is 5.81. The number of hydrogen-bond donors (Lipinski definition) is 5. The van der Waals surface area contributed by atoms with Gasteiger partial charge in [-0.1, -0.05) is 31.3 Å². The van der Waals surface area contributed by atoms with Crippen molar-refractivity contribution < 1.29 is 29.3 Å². The summed E-state index contributed by atoms with van der Waals surface area (Å²) in [6.07, 6.45) is 13.3. The lowest BCUT2D eigenvalue weighted by Gasteiger charge is -2.21. The van der Waals surface area contributed by atoms with Crippen LogP contribution in [0.1, 0.15) is 75.0 Å². The van der Waals surface area contributed by atoms with E-state index in [0.29, 0.717) is 24.4 Å². The molecule has 2 aliphatic rings. The number of aromatic nitrogens is 1. The van der Waals surface area contributed by atoms with Gasteiger partial charge in [0.1, 0.15) is 11.9 Å². The number of methoxy groups -OCH3 is 1. The normalized spacial score (nSPS) is 21.8. The van der Waals surface area contributed by atoms with Crippen LogP contribution in [0.4, 0.5) is 0 Å². The van der Waals surface area contributed by atoms with Crippen molar-refractivity contribution in [1.29, 1.82) is 0 Å². The Morgan fingerprint density at radius 3 is 2.65 bits per heavy atom. The molecule has 0 fully saturated rings. The summed E-state index contributed by atoms with van der Waals surface area (Å²) in [5, 5.41) is 27.1. The number of ether oxygens (including phenoxy) is 2. The Hall–Kier alpha value is -4.32. The molecule has 3 heterocycles. The topological polar surface area (TPSA) is 133 Å². The Bertz CT molecular complexity index is 1410. The number of dihydropyridines is 1. The van der Waals surface area contributed by atoms with Gasteiger partial charge in [0.25, 0.3) is 0 Å². The van der Waals surface area contributed by atoms with Gasteiger partial charge in [0.05, 0.1) is 25.4 Å². The summed E-state index contributed by atoms with van der Waals surface area (Å²) < 4.78 is 10.8. The fourth-order valence-corrected chi connectivity index (χ4v) is 5.73. The van der Waals surface area contributed by atoms with Crippen LogP contribution >= 0.6 is 0 Å². The number of phenols is 2. The van der Waals surface area contributed by atoms with Crippen molar-refractivity contribution in [3.05, 3.63) is 64.8 Å². The zero-order chi connectivity index (χ0) is 30.8. The second kappa shape index (κ2) is 15.2. The van der Waals surface area contributed by atoms with Crippen LogP contribution in [0.3, 0.4) is 0 Å². The summed E-state index contributed by atoms with van der Waals surface area (Å²) in [7, 11) is 1.39. The Morgan fingerprint density at radius 1 is 1.07 bits per heavy atom. The molecule has 0 aliphatic carbocycles. The van der Waals surface area contributed by atoms with Crippen LogP contribution in [-0.2, 0) is 27.2 Å². The van der Waals surface area contributed by atoms with Gasteiger partial charge < -0.3 is 35.3 Å². The van der Waals surface area contributed by atoms with E-state index in [4.69, 9.17) is 9.47 Å². The third-order valence-electron chi connectivity index (χ3n) is 8.14. The predicted molar refractivity (Wildman–Crippen MR) is 165 cm³/mol. The molecule has 5 N–H and O–H groups in total. The standard InChI is InChI=1S/C34H43N3O6/c1-4-23-8-10-30(43-22(2)38)19-29(39)16-25(27-17-31(40)34(41)32(18-27)42-3)6-5-12-36-33-15-24(11-13-37-33)7-9-26-20-35-21-28(26)14-23/h11,15,17-18,20-21,23,25,30,35-37,40-41H,4,7-10,12-14,16,19H2,1-3H3/t23-,25-,30-/m1/s1. The number of rotatable bonds is 4. The zero-order valence-electron chi connectivity index (χ0n) is 25.3. The average molecular weight is 590 g/mol. The van der Waals surface area contributed by atoms with E-state index in [9.17, 15) is 19.8 Å². The van der Waals surface area contributed by atoms with Crippen molar-refractivity contribution in [2.45, 2.75) is 77.2 Å². The second-order valence-electron chi connectivity index (χ2n) is 11.3. The number of H-pyrrole nitrogens is 1. The van der Waals surface area contributed by atoms with Crippen LogP contribution in [0.2, 0.25) is 0 Å². The summed E-state index contributed by atoms with van der Waals surface area (Å²) in [5.74, 6) is 5.87. The summed E-state index contributed by atoms with van der Waals surface area (Å²) in [4.78, 5) is 28.7. The third kappa shape index (κ3) is 9.08. The molecule has 0 spiro atoms. The maximum Gasteiger partial charge on any atom is 0.302 e. The molecule has 1 aromatic carbocycles. The molecule has 2 aliphatic heterocycles. The molecule has 0 radical (unpaired) electrons. The highest BCUT2D eigenvalue weighted by Crippen LogP contribution is 2.39. The lowest BCUT2D eigenvalue weighted by Crippen LogP contribution is -2.29. The molecule has 0 saturated carbocycles. The minimum Gasteiger partial charge on any atom is -0.504 e. The lowest BCUT2D eigenvalue weighted by molar-refractivity contribution is -0.148. The number of hydrogen-bond acceptors (Lipinski definition) is 8. The number of benzene rings is 1. The monoisotopic (exact) mass is 589 g/mol. The zero-order valence-corrected chi connectivity index (χ0v) is 25.3. The molecule has 0 saturated heterocycles. The summed E-state index contributed by atoms with van der Waals surface area (Å²) >= 11 is 0. The van der Waals surface area contributed by atoms with E-state index in [0.717, 1.165) is 44.5 Å². The first-order chi connectivity index (χ1) is 20.7. The molecule has 1 aromatic heterocycles. The van der Waals surface area contributed by atoms with Crippen molar-refractivity contribution in [1.82, 2.24) is 15.6 Å². The molecule has 43 heavy (non-hydrogen) atoms. The maximum absolute atomic E-state index is 13.4. The van der Waals surface area contributed by atoms with Crippen LogP contribution in [0.15, 0.2) is 48.1 Å². The number of carbonyl (C=O) groups excluding carboxylic acids is 2. The maximum atomic E-state index is 13.4. The van der Waals surface area contributed by atoms with Gasteiger partial charge in [-0.3, -0.25) is 9.59 Å². The molecular weight excluding hydrogens is 546 g/mol. The minimum atomic E-state index is -0.572. The summed E-state index contributed by atoms with van der Waals surface area (Å²) in [6, 6.07) is 2.99. The van der Waals surface area contributed by atoms with E-state index >= 15 is 0 Å². The Morgan fingerprint density at radius 2 is 1.88 bits per heavy atom. The molecule has 9 heteroatoms. The summed E-state index contributed by atoms with van der Waals surface area (Å²) in [6.45, 7) is 4.61. The number of esters is 1. The van der Waals surface area contributed by atoms with Gasteiger partial charge in [-0.25, -0.2) is 0 Å². The molecule has 2 bridgehead atoms. The molecule has 0 unspecified atom stereocenters. The lowest BCUT2D eigenvalue weighted by atomic mass is 9.88. The highest BCUT2D eigenvalue weighted by atomic mass is 16.5. The van der Waals surface area contributed by atoms with Gasteiger partial charge in [0.15, 0.2) is 11.5 Å². The van der Waals surface area contributed by atoms with Crippen LogP contribution < -0.4 is 15.4 Å². The van der Waals surface area contributed by atoms with Crippen LogP contribution in [0.5, 0.6) is 17.2 Å². The van der Waals surface area contributed by atoms with Crippen LogP contribution in [0, 0.1) is 17.8 Å². The summed E-state index contributed by atoms with van der Waals surface area (Å²) in [5.41, 5.74) is 4.43. The largest absolute Gasteiger partial charge is 0.504 e. The molecular formula is C34H43N3O6. The number of allylic oxidation sites excluding steroid dienone is 2. The van der Waals surface area contributed by atoms with Gasteiger partial charge in [-0.15, -0.1) is 0 Å². The van der Waals surface area contributed by atoms with Crippen LogP contribution in [0.25, 0.3) is 0 Å². The van der Waals surface area contributed by atoms with Gasteiger partial charge in [-0.2, -0.15) is 0 Å². The first-order valence-electron chi connectivity index (χ1n) is 15.1. The van der Waals surface area contributed by atoms with Crippen molar-refractivity contribution in [3.63, 3.8) is 0 Å². The SMILES string of the molecule is CC[C@@H]1CC[C@@H](OC(C)=O)CC(=O)C[C@H](c2cc(O)c(O)c(OC)c2)C#CCNC2=CC(=CCN2)CCc2c[nH]cc2C1. The number of phenolic OH excluding ortho intramolecular Hbond substituents is 2. The van der Waals surface area contributed by atoms with Gasteiger partial charge in [-0.05, 0) is 78.5 Å². The number of aromatic hydroxyl groups is 2. The fourth-order valence-electron chi connectivity index (χ4n) is 5.73. The third-order valence-corrected chi connectivity index (χ3v) is 8.14. The van der Waals surface area contributed by atoms with Crippen molar-refractivity contribution >= 4 is 11.8 Å². The first kappa shape index (κ1) is 31.6. The van der Waals surface area contributed by atoms with Gasteiger partial charge >= 0.3 is 5.97 Å². The highest BCUT2D eigenvalue weighted by Gasteiger charge is 2.24. The quantitative estimate of drug-likeness (QED) is 0.196. The number of fused-ring (bicyclic) bond motifs is 2. The second-order valence-corrected chi connectivity index (χ2v) is 11.3. The Balaban J connectivity index is 1.63. The molecule has 2 aromatic rings. The molecule has 9 nitrogen and oxygen atoms in total. The van der Waals surface area contributed by atoms with E-state index in [1.54, 1.807) is 6.07 Å². The fraction of sp³-hybridized carbons (Fsp3) is 0.471. The minimum absolute atomic E-state index is 0.0515. The number of nitrogens with one attached hydrogen (secondary N) is 3. The number of ketones is 1. The number of carbonyl (C=O) groups is 2. The van der Waals surface area contributed by atoms with Crippen molar-refractivity contribution in [2.24, 2.45) is 5.92 Å². The van der Waals surface area contributed by atoms with E-state index in [1.165, 1.54) is 36.8 Å². The first-order valence-corrected chi connectivity index (χ1v) is 15.1. The number of aryl methyl sites for hydroxylation is 1. The predicted octanol–water partition coefficient (Wildman–Crippen LogP) is 4.76. The number of aromatic amines is 1. The van der Waals surface area contributed by atoms with E-state index in [-0.39, 0.29) is 35.9 Å². The van der Waals surface area contributed by atoms with Crippen molar-refractivity contribution in [2.75, 3.05) is 20.2 Å². The average Bonchev–Trinajstić information content (AvgIpc) is 3.43. The van der Waals surface area contributed by atoms with E-state index < -0.39 is 18.0 Å². The van der Waals surface area contributed by atoms with E-state index in [1.807, 2.05) is 0 Å². The smallest absolute Gasteiger partial charge is 0.302 e. The molecule has 230 valence electrons. The number of Topliss-reactive ketones (excluding diaryl/α,β-unsaturated/α-hetero) is 1. The Kier molecular flexibility index (Phi) is 11.2. The molecule has 0 amide bonds. The molecule has 4 rings (SSSR count). The van der Waals surface area contributed by atoms with Crippen molar-refractivity contribution in [3.8, 4) is 29.1 Å². The van der Waals surface area contributed by atoms with Gasteiger partial charge in [0.2, 0.25) is 5.75 Å². The van der Waals surface area contributed by atoms with Crippen LogP contribution in [-0.4, -0.2) is 53.3 Å².